The first kappa shape index (κ1) is 29.3. The largest absolute Gasteiger partial charge is 0.445 e. The van der Waals surface area contributed by atoms with Gasteiger partial charge in [-0.1, -0.05) is 72.3 Å². The Hall–Kier alpha value is -3.65. The number of hydrogen-bond donors (Lipinski definition) is 0. The number of hydrogen-bond acceptors (Lipinski definition) is 4. The van der Waals surface area contributed by atoms with Crippen molar-refractivity contribution in [3.05, 3.63) is 107 Å². The summed E-state index contributed by atoms with van der Waals surface area (Å²) in [5.74, 6) is -0.374. The van der Waals surface area contributed by atoms with Crippen LogP contribution in [-0.2, 0) is 32.6 Å². The molecule has 1 aliphatic heterocycles. The molecule has 0 aromatic heterocycles. The molecule has 0 aliphatic carbocycles. The molecule has 0 saturated carbocycles. The van der Waals surface area contributed by atoms with E-state index in [1.165, 1.54) is 6.92 Å². The zero-order valence-corrected chi connectivity index (χ0v) is 22.9. The number of carbonyl (C=O) groups excluding carboxylic acids is 2. The SMILES string of the molecule is CC(=O)C1CC[C@@](CO[C@H](C)c2cc(C)cc(C(F)(F)F)c2)(c2ccccc2)N(C(=O)OCc2ccccc2)C1. The van der Waals surface area contributed by atoms with Crippen LogP contribution in [0.4, 0.5) is 18.0 Å². The maximum atomic E-state index is 13.7. The second-order valence-corrected chi connectivity index (χ2v) is 10.5. The van der Waals surface area contributed by atoms with Gasteiger partial charge in [0.05, 0.1) is 23.8 Å². The van der Waals surface area contributed by atoms with Gasteiger partial charge in [-0.2, -0.15) is 13.2 Å². The van der Waals surface area contributed by atoms with Gasteiger partial charge in [0.25, 0.3) is 0 Å². The second-order valence-electron chi connectivity index (χ2n) is 10.5. The second kappa shape index (κ2) is 12.3. The van der Waals surface area contributed by atoms with E-state index in [1.807, 2.05) is 60.7 Å². The van der Waals surface area contributed by atoms with Crippen LogP contribution in [0.15, 0.2) is 78.9 Å². The third kappa shape index (κ3) is 6.73. The standard InChI is InChI=1S/C32H34F3NO4/c1-22-16-27(18-29(17-22)32(33,34)35)24(3)40-21-31(28-12-8-5-9-13-28)15-14-26(23(2)37)19-36(31)30(38)39-20-25-10-6-4-7-11-25/h4-13,16-18,24,26H,14-15,19-21H2,1-3H3/t24-,26?,31-/m1/s1. The van der Waals surface area contributed by atoms with Crippen LogP contribution in [0.3, 0.4) is 0 Å². The normalized spacial score (nSPS) is 20.1. The van der Waals surface area contributed by atoms with Crippen molar-refractivity contribution in [2.45, 2.75) is 58.0 Å². The minimum Gasteiger partial charge on any atom is -0.445 e. The molecule has 8 heteroatoms. The predicted molar refractivity (Wildman–Crippen MR) is 145 cm³/mol. The van der Waals surface area contributed by atoms with Crippen LogP contribution >= 0.6 is 0 Å². The number of nitrogens with zero attached hydrogens (tertiary/aromatic N) is 1. The molecule has 3 aromatic rings. The van der Waals surface area contributed by atoms with E-state index in [-0.39, 0.29) is 31.5 Å². The van der Waals surface area contributed by atoms with E-state index < -0.39 is 29.5 Å². The van der Waals surface area contributed by atoms with Crippen molar-refractivity contribution in [2.75, 3.05) is 13.2 Å². The molecule has 1 aliphatic rings. The number of piperidine rings is 1. The van der Waals surface area contributed by atoms with Crippen molar-refractivity contribution in [1.29, 1.82) is 0 Å². The number of rotatable bonds is 8. The number of benzene rings is 3. The van der Waals surface area contributed by atoms with Crippen molar-refractivity contribution >= 4 is 11.9 Å². The molecule has 1 saturated heterocycles. The predicted octanol–water partition coefficient (Wildman–Crippen LogP) is 7.62. The quantitative estimate of drug-likeness (QED) is 0.288. The van der Waals surface area contributed by atoms with Gasteiger partial charge in [-0.05, 0) is 62.4 Å². The van der Waals surface area contributed by atoms with E-state index in [0.717, 1.165) is 23.3 Å². The van der Waals surface area contributed by atoms with Gasteiger partial charge in [-0.25, -0.2) is 4.79 Å². The molecule has 1 heterocycles. The summed E-state index contributed by atoms with van der Waals surface area (Å²) in [4.78, 5) is 27.6. The topological polar surface area (TPSA) is 55.8 Å². The maximum Gasteiger partial charge on any atom is 0.416 e. The summed E-state index contributed by atoms with van der Waals surface area (Å²) >= 11 is 0. The van der Waals surface area contributed by atoms with Gasteiger partial charge in [0.2, 0.25) is 0 Å². The Kier molecular flexibility index (Phi) is 8.98. The summed E-state index contributed by atoms with van der Waals surface area (Å²) in [6, 6.07) is 22.6. The van der Waals surface area contributed by atoms with Crippen molar-refractivity contribution in [2.24, 2.45) is 5.92 Å². The van der Waals surface area contributed by atoms with Gasteiger partial charge < -0.3 is 9.47 Å². The van der Waals surface area contributed by atoms with E-state index in [1.54, 1.807) is 24.8 Å². The molecule has 212 valence electrons. The lowest BCUT2D eigenvalue weighted by Gasteiger charge is -2.49. The highest BCUT2D eigenvalue weighted by Crippen LogP contribution is 2.42. The summed E-state index contributed by atoms with van der Waals surface area (Å²) < 4.78 is 52.5. The highest BCUT2D eigenvalue weighted by Gasteiger charge is 2.48. The lowest BCUT2D eigenvalue weighted by atomic mass is 9.77. The summed E-state index contributed by atoms with van der Waals surface area (Å²) in [5.41, 5.74) is 0.791. The summed E-state index contributed by atoms with van der Waals surface area (Å²) in [7, 11) is 0. The number of aryl methyl sites for hydroxylation is 1. The number of carbonyl (C=O) groups is 2. The molecule has 1 unspecified atom stereocenters. The molecule has 4 rings (SSSR count). The van der Waals surface area contributed by atoms with Crippen molar-refractivity contribution in [3.8, 4) is 0 Å². The van der Waals surface area contributed by atoms with E-state index in [4.69, 9.17) is 9.47 Å². The number of amides is 1. The number of ether oxygens (including phenoxy) is 2. The van der Waals surface area contributed by atoms with Gasteiger partial charge >= 0.3 is 12.3 Å². The van der Waals surface area contributed by atoms with E-state index >= 15 is 0 Å². The zero-order valence-electron chi connectivity index (χ0n) is 22.9. The van der Waals surface area contributed by atoms with Gasteiger partial charge in [-0.15, -0.1) is 0 Å². The fraction of sp³-hybridized carbons (Fsp3) is 0.375. The molecule has 1 fully saturated rings. The molecule has 0 spiro atoms. The van der Waals surface area contributed by atoms with E-state index in [9.17, 15) is 22.8 Å². The first-order valence-corrected chi connectivity index (χ1v) is 13.3. The summed E-state index contributed by atoms with van der Waals surface area (Å²) in [6.07, 6.45) is -4.78. The Balaban J connectivity index is 1.66. The van der Waals surface area contributed by atoms with E-state index in [2.05, 4.69) is 0 Å². The van der Waals surface area contributed by atoms with Crippen LogP contribution < -0.4 is 0 Å². The molecule has 0 radical (unpaired) electrons. The monoisotopic (exact) mass is 553 g/mol. The molecular weight excluding hydrogens is 519 g/mol. The molecule has 3 atom stereocenters. The summed E-state index contributed by atoms with van der Waals surface area (Å²) in [6.45, 7) is 5.06. The van der Waals surface area contributed by atoms with E-state index in [0.29, 0.717) is 24.0 Å². The third-order valence-electron chi connectivity index (χ3n) is 7.61. The molecular formula is C32H34F3NO4. The highest BCUT2D eigenvalue weighted by molar-refractivity contribution is 5.80. The smallest absolute Gasteiger partial charge is 0.416 e. The minimum atomic E-state index is -4.48. The molecule has 1 amide bonds. The molecule has 40 heavy (non-hydrogen) atoms. The van der Waals surface area contributed by atoms with Crippen LogP contribution in [0.2, 0.25) is 0 Å². The molecule has 0 bridgehead atoms. The maximum absolute atomic E-state index is 13.7. The van der Waals surface area contributed by atoms with Crippen molar-refractivity contribution < 1.29 is 32.2 Å². The van der Waals surface area contributed by atoms with Crippen LogP contribution in [0.5, 0.6) is 0 Å². The third-order valence-corrected chi connectivity index (χ3v) is 7.61. The molecule has 5 nitrogen and oxygen atoms in total. The average Bonchev–Trinajstić information content (AvgIpc) is 2.94. The Morgan fingerprint density at radius 1 is 1.02 bits per heavy atom. The van der Waals surface area contributed by atoms with Crippen LogP contribution in [-0.4, -0.2) is 29.9 Å². The van der Waals surface area contributed by atoms with Gasteiger partial charge in [0.1, 0.15) is 12.4 Å². The fourth-order valence-electron chi connectivity index (χ4n) is 5.26. The molecule has 3 aromatic carbocycles. The van der Waals surface area contributed by atoms with Gasteiger partial charge in [0, 0.05) is 12.5 Å². The zero-order chi connectivity index (χ0) is 28.9. The Bertz CT molecular complexity index is 1310. The van der Waals surface area contributed by atoms with Crippen molar-refractivity contribution in [3.63, 3.8) is 0 Å². The highest BCUT2D eigenvalue weighted by atomic mass is 19.4. The van der Waals surface area contributed by atoms with Gasteiger partial charge in [-0.3, -0.25) is 9.69 Å². The molecule has 0 N–H and O–H groups in total. The average molecular weight is 554 g/mol. The summed E-state index contributed by atoms with van der Waals surface area (Å²) in [5, 5.41) is 0. The first-order chi connectivity index (χ1) is 19.0. The van der Waals surface area contributed by atoms with Crippen LogP contribution in [0.25, 0.3) is 0 Å². The number of Topliss-reactive ketones (excluding diaryl/α,β-unsaturated/α-hetero) is 1. The Morgan fingerprint density at radius 2 is 1.68 bits per heavy atom. The number of halogens is 3. The van der Waals surface area contributed by atoms with Crippen LogP contribution in [0.1, 0.15) is 60.6 Å². The lowest BCUT2D eigenvalue weighted by molar-refractivity contribution is -0.138. The minimum absolute atomic E-state index is 0.0124. The Morgan fingerprint density at radius 3 is 2.30 bits per heavy atom. The van der Waals surface area contributed by atoms with Crippen molar-refractivity contribution in [1.82, 2.24) is 4.90 Å². The number of ketones is 1. The fourth-order valence-corrected chi connectivity index (χ4v) is 5.26. The number of likely N-dealkylation sites (tertiary alicyclic amines) is 1. The van der Waals surface area contributed by atoms with Crippen LogP contribution in [0, 0.1) is 12.8 Å². The lowest BCUT2D eigenvalue weighted by Crippen LogP contribution is -2.58. The van der Waals surface area contributed by atoms with Gasteiger partial charge in [0.15, 0.2) is 0 Å². The first-order valence-electron chi connectivity index (χ1n) is 13.3. The number of alkyl halides is 3. The Labute approximate surface area is 232 Å².